The number of hydrogen-bond donors (Lipinski definition) is 1. The fourth-order valence-electron chi connectivity index (χ4n) is 2.07. The highest BCUT2D eigenvalue weighted by molar-refractivity contribution is 6.30. The second-order valence-corrected chi connectivity index (χ2v) is 5.07. The van der Waals surface area contributed by atoms with E-state index in [0.717, 1.165) is 11.1 Å². The molecule has 0 aliphatic heterocycles. The number of aliphatic hydroxyl groups excluding tert-OH is 1. The van der Waals surface area contributed by atoms with Crippen molar-refractivity contribution in [2.45, 2.75) is 19.1 Å². The second-order valence-electron chi connectivity index (χ2n) is 4.63. The van der Waals surface area contributed by atoms with Crippen molar-refractivity contribution in [2.24, 2.45) is 0 Å². The lowest BCUT2D eigenvalue weighted by Crippen LogP contribution is -2.04. The Balaban J connectivity index is 2.15. The summed E-state index contributed by atoms with van der Waals surface area (Å²) in [7, 11) is 1.62. The predicted molar refractivity (Wildman–Crippen MR) is 77.2 cm³/mol. The predicted octanol–water partition coefficient (Wildman–Crippen LogP) is 3.90. The summed E-state index contributed by atoms with van der Waals surface area (Å²) < 4.78 is 18.8. The summed E-state index contributed by atoms with van der Waals surface area (Å²) in [6.45, 7) is 0.482. The first-order valence-electron chi connectivity index (χ1n) is 6.30. The molecule has 0 aliphatic carbocycles. The fourth-order valence-corrected chi connectivity index (χ4v) is 2.23. The van der Waals surface area contributed by atoms with Crippen LogP contribution in [-0.4, -0.2) is 12.2 Å². The molecule has 0 aliphatic rings. The van der Waals surface area contributed by atoms with Crippen LogP contribution in [0.3, 0.4) is 0 Å². The number of hydrogen-bond acceptors (Lipinski definition) is 2. The van der Waals surface area contributed by atoms with Crippen LogP contribution in [0.5, 0.6) is 0 Å². The van der Waals surface area contributed by atoms with E-state index < -0.39 is 11.9 Å². The Morgan fingerprint density at radius 2 is 2.05 bits per heavy atom. The van der Waals surface area contributed by atoms with Crippen LogP contribution < -0.4 is 0 Å². The van der Waals surface area contributed by atoms with Gasteiger partial charge in [0.05, 0.1) is 12.7 Å². The number of ether oxygens (including phenoxy) is 1. The summed E-state index contributed by atoms with van der Waals surface area (Å²) in [5, 5.41) is 10.6. The molecule has 106 valence electrons. The van der Waals surface area contributed by atoms with Crippen molar-refractivity contribution in [2.75, 3.05) is 7.11 Å². The van der Waals surface area contributed by atoms with Gasteiger partial charge in [0.1, 0.15) is 5.82 Å². The number of halogens is 2. The molecule has 2 rings (SSSR count). The molecule has 1 N–H and O–H groups in total. The number of benzene rings is 2. The smallest absolute Gasteiger partial charge is 0.127 e. The summed E-state index contributed by atoms with van der Waals surface area (Å²) in [6.07, 6.45) is -0.554. The van der Waals surface area contributed by atoms with Crippen LogP contribution >= 0.6 is 11.6 Å². The van der Waals surface area contributed by atoms with Gasteiger partial charge in [0.2, 0.25) is 0 Å². The van der Waals surface area contributed by atoms with Crippen molar-refractivity contribution in [1.29, 1.82) is 0 Å². The molecule has 0 saturated carbocycles. The SMILES string of the molecule is COCc1cccc(C(O)Cc2ccc(Cl)cc2F)c1. The van der Waals surface area contributed by atoms with Crippen LogP contribution in [-0.2, 0) is 17.8 Å². The number of rotatable bonds is 5. The van der Waals surface area contributed by atoms with Crippen molar-refractivity contribution in [3.8, 4) is 0 Å². The van der Waals surface area contributed by atoms with E-state index in [4.69, 9.17) is 16.3 Å². The van der Waals surface area contributed by atoms with Gasteiger partial charge < -0.3 is 9.84 Å². The first kappa shape index (κ1) is 15.0. The molecule has 0 heterocycles. The Kier molecular flexibility index (Phi) is 5.12. The minimum absolute atomic E-state index is 0.208. The van der Waals surface area contributed by atoms with Crippen molar-refractivity contribution >= 4 is 11.6 Å². The van der Waals surface area contributed by atoms with Gasteiger partial charge in [-0.3, -0.25) is 0 Å². The lowest BCUT2D eigenvalue weighted by atomic mass is 9.99. The molecule has 2 aromatic rings. The third kappa shape index (κ3) is 3.79. The maximum atomic E-state index is 13.7. The summed E-state index contributed by atoms with van der Waals surface area (Å²) in [5.74, 6) is -0.399. The zero-order chi connectivity index (χ0) is 14.5. The van der Waals surface area contributed by atoms with E-state index in [1.54, 1.807) is 19.2 Å². The van der Waals surface area contributed by atoms with Gasteiger partial charge in [-0.15, -0.1) is 0 Å². The van der Waals surface area contributed by atoms with Gasteiger partial charge in [0, 0.05) is 18.6 Å². The van der Waals surface area contributed by atoms with Gasteiger partial charge in [-0.1, -0.05) is 41.9 Å². The van der Waals surface area contributed by atoms with Gasteiger partial charge in [0.25, 0.3) is 0 Å². The molecule has 20 heavy (non-hydrogen) atoms. The van der Waals surface area contributed by atoms with E-state index in [1.165, 1.54) is 6.07 Å². The van der Waals surface area contributed by atoms with Crippen molar-refractivity contribution in [3.63, 3.8) is 0 Å². The van der Waals surface area contributed by atoms with Gasteiger partial charge >= 0.3 is 0 Å². The van der Waals surface area contributed by atoms with Gasteiger partial charge in [-0.25, -0.2) is 4.39 Å². The molecule has 0 amide bonds. The molecule has 0 bridgehead atoms. The van der Waals surface area contributed by atoms with Crippen LogP contribution in [0.1, 0.15) is 22.8 Å². The normalized spacial score (nSPS) is 12.4. The van der Waals surface area contributed by atoms with E-state index in [1.807, 2.05) is 24.3 Å². The zero-order valence-corrected chi connectivity index (χ0v) is 11.9. The molecule has 1 atom stereocenters. The quantitative estimate of drug-likeness (QED) is 0.906. The number of methoxy groups -OCH3 is 1. The van der Waals surface area contributed by atoms with Gasteiger partial charge in [0.15, 0.2) is 0 Å². The first-order chi connectivity index (χ1) is 9.60. The Bertz CT molecular complexity index is 586. The first-order valence-corrected chi connectivity index (χ1v) is 6.67. The zero-order valence-electron chi connectivity index (χ0n) is 11.1. The number of aliphatic hydroxyl groups is 1. The standard InChI is InChI=1S/C16H16ClFO2/c1-20-10-11-3-2-4-13(7-11)16(19)8-12-5-6-14(17)9-15(12)18/h2-7,9,16,19H,8,10H2,1H3. The molecule has 1 unspecified atom stereocenters. The highest BCUT2D eigenvalue weighted by Crippen LogP contribution is 2.23. The Morgan fingerprint density at radius 3 is 2.75 bits per heavy atom. The topological polar surface area (TPSA) is 29.5 Å². The van der Waals surface area contributed by atoms with Crippen molar-refractivity contribution < 1.29 is 14.2 Å². The summed E-state index contributed by atoms with van der Waals surface area (Å²) in [5.41, 5.74) is 2.16. The third-order valence-corrected chi connectivity index (χ3v) is 3.31. The Morgan fingerprint density at radius 1 is 1.25 bits per heavy atom. The largest absolute Gasteiger partial charge is 0.388 e. The average molecular weight is 295 g/mol. The highest BCUT2D eigenvalue weighted by atomic mass is 35.5. The molecule has 0 saturated heterocycles. The molecule has 4 heteroatoms. The Hall–Kier alpha value is -1.42. The molecule has 0 fully saturated rings. The maximum Gasteiger partial charge on any atom is 0.127 e. The Labute approximate surface area is 122 Å². The van der Waals surface area contributed by atoms with E-state index in [9.17, 15) is 9.50 Å². The monoisotopic (exact) mass is 294 g/mol. The third-order valence-electron chi connectivity index (χ3n) is 3.08. The van der Waals surface area contributed by atoms with Crippen molar-refractivity contribution in [3.05, 3.63) is 70.0 Å². The van der Waals surface area contributed by atoms with Crippen LogP contribution in [0.15, 0.2) is 42.5 Å². The van der Waals surface area contributed by atoms with Crippen molar-refractivity contribution in [1.82, 2.24) is 0 Å². The fraction of sp³-hybridized carbons (Fsp3) is 0.250. The van der Waals surface area contributed by atoms with Gasteiger partial charge in [-0.2, -0.15) is 0 Å². The van der Waals surface area contributed by atoms with E-state index in [2.05, 4.69) is 0 Å². The highest BCUT2D eigenvalue weighted by Gasteiger charge is 2.12. The molecule has 0 aromatic heterocycles. The molecule has 2 aromatic carbocycles. The molecular weight excluding hydrogens is 279 g/mol. The average Bonchev–Trinajstić information content (AvgIpc) is 2.42. The van der Waals surface area contributed by atoms with Crippen LogP contribution in [0.25, 0.3) is 0 Å². The maximum absolute atomic E-state index is 13.7. The van der Waals surface area contributed by atoms with E-state index in [-0.39, 0.29) is 6.42 Å². The van der Waals surface area contributed by atoms with Crippen LogP contribution in [0, 0.1) is 5.82 Å². The summed E-state index contributed by atoms with van der Waals surface area (Å²) in [6, 6.07) is 11.9. The molecule has 0 radical (unpaired) electrons. The lowest BCUT2D eigenvalue weighted by molar-refractivity contribution is 0.174. The molecule has 2 nitrogen and oxygen atoms in total. The van der Waals surface area contributed by atoms with Gasteiger partial charge in [-0.05, 0) is 28.8 Å². The van der Waals surface area contributed by atoms with Crippen LogP contribution in [0.2, 0.25) is 5.02 Å². The minimum Gasteiger partial charge on any atom is -0.388 e. The van der Waals surface area contributed by atoms with Crippen LogP contribution in [0.4, 0.5) is 4.39 Å². The molecular formula is C16H16ClFO2. The lowest BCUT2D eigenvalue weighted by Gasteiger charge is -2.13. The van der Waals surface area contributed by atoms with E-state index in [0.29, 0.717) is 17.2 Å². The van der Waals surface area contributed by atoms with E-state index >= 15 is 0 Å². The summed E-state index contributed by atoms with van der Waals surface area (Å²) in [4.78, 5) is 0. The second kappa shape index (κ2) is 6.84. The molecule has 0 spiro atoms. The summed E-state index contributed by atoms with van der Waals surface area (Å²) >= 11 is 5.71. The minimum atomic E-state index is -0.762.